The van der Waals surface area contributed by atoms with Gasteiger partial charge >= 0.3 is 13.3 Å². The topological polar surface area (TPSA) is 58.3 Å². The molecule has 2 N–H and O–H groups in total. The highest BCUT2D eigenvalue weighted by Crippen LogP contribution is 2.27. The summed E-state index contributed by atoms with van der Waals surface area (Å²) < 4.78 is 51.2. The molecular formula is C11H9BF4N2O2. The molecule has 4 nitrogen and oxygen atoms in total. The van der Waals surface area contributed by atoms with Crippen LogP contribution in [0.3, 0.4) is 0 Å². The van der Waals surface area contributed by atoms with E-state index >= 15 is 0 Å². The summed E-state index contributed by atoms with van der Waals surface area (Å²) in [7, 11) is -1.92. The zero-order chi connectivity index (χ0) is 14.9. The molecule has 0 radical (unpaired) electrons. The quantitative estimate of drug-likeness (QED) is 0.648. The minimum atomic E-state index is -4.55. The number of hydrogen-bond donors (Lipinski definition) is 2. The van der Waals surface area contributed by atoms with Gasteiger partial charge in [0, 0.05) is 6.20 Å². The fourth-order valence-corrected chi connectivity index (χ4v) is 1.73. The van der Waals surface area contributed by atoms with Crippen LogP contribution in [0, 0.1) is 5.82 Å². The molecule has 0 saturated heterocycles. The SMILES string of the molecule is OB(O)c1cc(F)ccc1Cn1ccc(C(F)(F)F)n1. The number of aromatic nitrogens is 2. The van der Waals surface area contributed by atoms with Crippen LogP contribution in [0.2, 0.25) is 0 Å². The van der Waals surface area contributed by atoms with Gasteiger partial charge in [0.15, 0.2) is 5.69 Å². The summed E-state index contributed by atoms with van der Waals surface area (Å²) in [4.78, 5) is 0. The Hall–Kier alpha value is -1.87. The van der Waals surface area contributed by atoms with Gasteiger partial charge in [0.2, 0.25) is 0 Å². The normalized spacial score (nSPS) is 11.7. The molecule has 0 atom stereocenters. The summed E-state index contributed by atoms with van der Waals surface area (Å²) in [6.07, 6.45) is -3.44. The van der Waals surface area contributed by atoms with Crippen LogP contribution in [-0.2, 0) is 12.7 Å². The summed E-state index contributed by atoms with van der Waals surface area (Å²) in [6, 6.07) is 4.06. The number of hydrogen-bond acceptors (Lipinski definition) is 3. The molecule has 0 bridgehead atoms. The summed E-state index contributed by atoms with van der Waals surface area (Å²) in [5.74, 6) is -0.673. The molecule has 0 fully saturated rings. The summed E-state index contributed by atoms with van der Waals surface area (Å²) in [5.41, 5.74) is -0.905. The van der Waals surface area contributed by atoms with Crippen LogP contribution in [0.15, 0.2) is 30.5 Å². The van der Waals surface area contributed by atoms with Crippen molar-refractivity contribution in [1.82, 2.24) is 9.78 Å². The van der Waals surface area contributed by atoms with Crippen molar-refractivity contribution in [2.75, 3.05) is 0 Å². The van der Waals surface area contributed by atoms with E-state index in [-0.39, 0.29) is 17.6 Å². The van der Waals surface area contributed by atoms with Gasteiger partial charge in [-0.15, -0.1) is 0 Å². The fraction of sp³-hybridized carbons (Fsp3) is 0.182. The molecule has 0 amide bonds. The first-order valence-electron chi connectivity index (χ1n) is 5.52. The Morgan fingerprint density at radius 1 is 1.20 bits per heavy atom. The van der Waals surface area contributed by atoms with Gasteiger partial charge < -0.3 is 10.0 Å². The van der Waals surface area contributed by atoms with Crippen molar-refractivity contribution in [3.05, 3.63) is 47.5 Å². The van der Waals surface area contributed by atoms with E-state index < -0.39 is 24.8 Å². The van der Waals surface area contributed by atoms with E-state index in [0.29, 0.717) is 0 Å². The summed E-state index contributed by atoms with van der Waals surface area (Å²) >= 11 is 0. The van der Waals surface area contributed by atoms with Crippen molar-refractivity contribution in [3.8, 4) is 0 Å². The first kappa shape index (κ1) is 14.5. The van der Waals surface area contributed by atoms with Gasteiger partial charge in [-0.3, -0.25) is 4.68 Å². The first-order chi connectivity index (χ1) is 9.27. The van der Waals surface area contributed by atoms with Crippen molar-refractivity contribution >= 4 is 12.6 Å². The third-order valence-corrected chi connectivity index (χ3v) is 2.65. The molecule has 0 saturated carbocycles. The molecule has 0 aliphatic heterocycles. The number of benzene rings is 1. The predicted molar refractivity (Wildman–Crippen MR) is 62.6 cm³/mol. The minimum absolute atomic E-state index is 0.117. The molecule has 20 heavy (non-hydrogen) atoms. The Morgan fingerprint density at radius 2 is 1.90 bits per heavy atom. The first-order valence-corrected chi connectivity index (χ1v) is 5.52. The smallest absolute Gasteiger partial charge is 0.423 e. The minimum Gasteiger partial charge on any atom is -0.423 e. The van der Waals surface area contributed by atoms with Crippen LogP contribution < -0.4 is 5.46 Å². The standard InChI is InChI=1S/C11H9BF4N2O2/c13-8-2-1-7(9(5-8)12(19)20)6-18-4-3-10(17-18)11(14,15)16/h1-5,19-20H,6H2. The molecule has 106 valence electrons. The number of alkyl halides is 3. The number of rotatable bonds is 3. The van der Waals surface area contributed by atoms with Gasteiger partial charge in [-0.1, -0.05) is 6.07 Å². The lowest BCUT2D eigenvalue weighted by Gasteiger charge is -2.09. The lowest BCUT2D eigenvalue weighted by Crippen LogP contribution is -2.34. The molecule has 0 aliphatic carbocycles. The van der Waals surface area contributed by atoms with Crippen LogP contribution in [0.4, 0.5) is 17.6 Å². The van der Waals surface area contributed by atoms with Crippen molar-refractivity contribution < 1.29 is 27.6 Å². The second-order valence-electron chi connectivity index (χ2n) is 4.11. The maximum Gasteiger partial charge on any atom is 0.488 e. The van der Waals surface area contributed by atoms with Crippen molar-refractivity contribution in [1.29, 1.82) is 0 Å². The van der Waals surface area contributed by atoms with Crippen LogP contribution in [0.25, 0.3) is 0 Å². The Kier molecular flexibility index (Phi) is 3.82. The summed E-state index contributed by atoms with van der Waals surface area (Å²) in [5, 5.41) is 21.6. The lowest BCUT2D eigenvalue weighted by atomic mass is 9.77. The van der Waals surface area contributed by atoms with Crippen molar-refractivity contribution in [2.45, 2.75) is 12.7 Å². The zero-order valence-corrected chi connectivity index (χ0v) is 9.97. The summed E-state index contributed by atoms with van der Waals surface area (Å²) in [6.45, 7) is -0.136. The third-order valence-electron chi connectivity index (χ3n) is 2.65. The molecule has 0 spiro atoms. The van der Waals surface area contributed by atoms with Crippen LogP contribution >= 0.6 is 0 Å². The van der Waals surface area contributed by atoms with E-state index in [1.54, 1.807) is 0 Å². The van der Waals surface area contributed by atoms with Crippen LogP contribution in [-0.4, -0.2) is 26.9 Å². The van der Waals surface area contributed by atoms with E-state index in [1.807, 2.05) is 0 Å². The van der Waals surface area contributed by atoms with Gasteiger partial charge in [-0.25, -0.2) is 4.39 Å². The fourth-order valence-electron chi connectivity index (χ4n) is 1.73. The zero-order valence-electron chi connectivity index (χ0n) is 9.97. The van der Waals surface area contributed by atoms with Gasteiger partial charge in [0.25, 0.3) is 0 Å². The van der Waals surface area contributed by atoms with Crippen LogP contribution in [0.1, 0.15) is 11.3 Å². The third kappa shape index (κ3) is 3.17. The van der Waals surface area contributed by atoms with E-state index in [2.05, 4.69) is 5.10 Å². The van der Waals surface area contributed by atoms with Gasteiger partial charge in [-0.2, -0.15) is 18.3 Å². The number of halogens is 4. The highest BCUT2D eigenvalue weighted by Gasteiger charge is 2.33. The maximum atomic E-state index is 13.0. The Labute approximate surface area is 111 Å². The Bertz CT molecular complexity index is 613. The van der Waals surface area contributed by atoms with E-state index in [9.17, 15) is 17.6 Å². The van der Waals surface area contributed by atoms with Crippen molar-refractivity contribution in [2.24, 2.45) is 0 Å². The molecule has 1 heterocycles. The molecule has 9 heteroatoms. The van der Waals surface area contributed by atoms with Gasteiger partial charge in [-0.05, 0) is 29.2 Å². The monoisotopic (exact) mass is 288 g/mol. The molecule has 1 aromatic heterocycles. The predicted octanol–water partition coefficient (Wildman–Crippen LogP) is 0.769. The molecule has 1 aromatic carbocycles. The molecule has 2 rings (SSSR count). The van der Waals surface area contributed by atoms with Gasteiger partial charge in [0.1, 0.15) is 5.82 Å². The molecule has 0 aliphatic rings. The van der Waals surface area contributed by atoms with Crippen LogP contribution in [0.5, 0.6) is 0 Å². The van der Waals surface area contributed by atoms with Gasteiger partial charge in [0.05, 0.1) is 6.54 Å². The Morgan fingerprint density at radius 3 is 2.45 bits per heavy atom. The van der Waals surface area contributed by atoms with Crippen molar-refractivity contribution in [3.63, 3.8) is 0 Å². The van der Waals surface area contributed by atoms with E-state index in [4.69, 9.17) is 10.0 Å². The highest BCUT2D eigenvalue weighted by molar-refractivity contribution is 6.59. The molecular weight excluding hydrogens is 279 g/mol. The lowest BCUT2D eigenvalue weighted by molar-refractivity contribution is -0.141. The maximum absolute atomic E-state index is 13.0. The second kappa shape index (κ2) is 5.26. The largest absolute Gasteiger partial charge is 0.488 e. The molecule has 2 aromatic rings. The highest BCUT2D eigenvalue weighted by atomic mass is 19.4. The van der Waals surface area contributed by atoms with E-state index in [1.165, 1.54) is 6.07 Å². The molecule has 0 unspecified atom stereocenters. The number of nitrogens with zero attached hydrogens (tertiary/aromatic N) is 2. The Balaban J connectivity index is 2.28. The van der Waals surface area contributed by atoms with E-state index in [0.717, 1.165) is 29.1 Å². The average molecular weight is 288 g/mol. The second-order valence-corrected chi connectivity index (χ2v) is 4.11. The average Bonchev–Trinajstić information content (AvgIpc) is 2.79.